The van der Waals surface area contributed by atoms with Gasteiger partial charge in [-0.2, -0.15) is 0 Å². The molecule has 7 heteroatoms. The van der Waals surface area contributed by atoms with E-state index in [1.165, 1.54) is 0 Å². The molecule has 0 aliphatic rings. The highest BCUT2D eigenvalue weighted by Crippen LogP contribution is 2.28. The monoisotopic (exact) mass is 380 g/mol. The number of thiophene rings is 1. The van der Waals surface area contributed by atoms with Gasteiger partial charge in [-0.3, -0.25) is 4.79 Å². The van der Waals surface area contributed by atoms with Gasteiger partial charge in [0.25, 0.3) is 5.91 Å². The summed E-state index contributed by atoms with van der Waals surface area (Å²) >= 11 is 1.55. The Morgan fingerprint density at radius 1 is 1.11 bits per heavy atom. The van der Waals surface area contributed by atoms with Crippen molar-refractivity contribution in [3.63, 3.8) is 0 Å². The molecule has 6 nitrogen and oxygen atoms in total. The molecule has 1 aromatic carbocycles. The first-order valence-electron chi connectivity index (χ1n) is 8.33. The van der Waals surface area contributed by atoms with Crippen LogP contribution in [0.3, 0.4) is 0 Å². The van der Waals surface area contributed by atoms with E-state index in [4.69, 9.17) is 8.94 Å². The highest BCUT2D eigenvalue weighted by Gasteiger charge is 2.18. The first-order valence-corrected chi connectivity index (χ1v) is 9.20. The summed E-state index contributed by atoms with van der Waals surface area (Å²) in [7, 11) is 0. The second-order valence-electron chi connectivity index (χ2n) is 5.85. The standard InChI is InChI=1S/C20H16N2O4S/c23-15(16-8-9-17(25-16)19-7-4-10-27-19)12-21-20(24)14-11-18(26-22-14)13-5-2-1-3-6-13/h1-11,15,23H,12H2,(H,21,24). The van der Waals surface area contributed by atoms with E-state index >= 15 is 0 Å². The maximum absolute atomic E-state index is 12.2. The highest BCUT2D eigenvalue weighted by molar-refractivity contribution is 7.13. The van der Waals surface area contributed by atoms with Gasteiger partial charge in [0.15, 0.2) is 11.5 Å². The fraction of sp³-hybridized carbons (Fsp3) is 0.100. The third kappa shape index (κ3) is 3.84. The van der Waals surface area contributed by atoms with Gasteiger partial charge in [0.1, 0.15) is 17.6 Å². The summed E-state index contributed by atoms with van der Waals surface area (Å²) in [6.07, 6.45) is -0.955. The van der Waals surface area contributed by atoms with Gasteiger partial charge in [-0.05, 0) is 23.6 Å². The lowest BCUT2D eigenvalue weighted by Crippen LogP contribution is -2.28. The van der Waals surface area contributed by atoms with Gasteiger partial charge in [0.05, 0.1) is 11.4 Å². The zero-order valence-electron chi connectivity index (χ0n) is 14.2. The minimum absolute atomic E-state index is 0.00373. The van der Waals surface area contributed by atoms with Gasteiger partial charge >= 0.3 is 0 Å². The predicted octanol–water partition coefficient (Wildman–Crippen LogP) is 4.13. The van der Waals surface area contributed by atoms with E-state index in [0.29, 0.717) is 17.3 Å². The quantitative estimate of drug-likeness (QED) is 0.525. The van der Waals surface area contributed by atoms with Crippen LogP contribution in [0.15, 0.2) is 75.0 Å². The predicted molar refractivity (Wildman–Crippen MR) is 101 cm³/mol. The van der Waals surface area contributed by atoms with Crippen LogP contribution in [0.2, 0.25) is 0 Å². The molecule has 2 N–H and O–H groups in total. The van der Waals surface area contributed by atoms with Gasteiger partial charge in [-0.25, -0.2) is 0 Å². The summed E-state index contributed by atoms with van der Waals surface area (Å²) in [4.78, 5) is 13.2. The number of aliphatic hydroxyl groups is 1. The average Bonchev–Trinajstić information content (AvgIpc) is 3.47. The minimum Gasteiger partial charge on any atom is -0.457 e. The maximum atomic E-state index is 12.2. The second kappa shape index (κ2) is 7.61. The van der Waals surface area contributed by atoms with Crippen LogP contribution >= 0.6 is 11.3 Å². The second-order valence-corrected chi connectivity index (χ2v) is 6.80. The zero-order valence-corrected chi connectivity index (χ0v) is 15.0. The fourth-order valence-corrected chi connectivity index (χ4v) is 3.27. The molecule has 0 fully saturated rings. The number of aromatic nitrogens is 1. The first-order chi connectivity index (χ1) is 13.2. The van der Waals surface area contributed by atoms with E-state index in [1.54, 1.807) is 29.5 Å². The lowest BCUT2D eigenvalue weighted by Gasteiger charge is -2.08. The Balaban J connectivity index is 1.37. The summed E-state index contributed by atoms with van der Waals surface area (Å²) in [6, 6.07) is 18.3. The molecule has 3 aromatic heterocycles. The molecule has 4 aromatic rings. The van der Waals surface area contributed by atoms with Crippen molar-refractivity contribution in [1.29, 1.82) is 0 Å². The maximum Gasteiger partial charge on any atom is 0.273 e. The third-order valence-corrected chi connectivity index (χ3v) is 4.86. The average molecular weight is 380 g/mol. The van der Waals surface area contributed by atoms with E-state index in [9.17, 15) is 9.90 Å². The number of benzene rings is 1. The van der Waals surface area contributed by atoms with Crippen LogP contribution in [0.5, 0.6) is 0 Å². The van der Waals surface area contributed by atoms with Crippen LogP contribution in [0, 0.1) is 0 Å². The van der Waals surface area contributed by atoms with Crippen molar-refractivity contribution in [3.8, 4) is 22.0 Å². The molecule has 136 valence electrons. The lowest BCUT2D eigenvalue weighted by molar-refractivity contribution is 0.0893. The molecular formula is C20H16N2O4S. The Kier molecular flexibility index (Phi) is 4.86. The number of amides is 1. The van der Waals surface area contributed by atoms with Crippen molar-refractivity contribution in [2.75, 3.05) is 6.54 Å². The normalized spacial score (nSPS) is 12.0. The number of carbonyl (C=O) groups excluding carboxylic acids is 1. The van der Waals surface area contributed by atoms with Gasteiger partial charge in [-0.1, -0.05) is 41.6 Å². The van der Waals surface area contributed by atoms with Crippen molar-refractivity contribution >= 4 is 17.2 Å². The van der Waals surface area contributed by atoms with Gasteiger partial charge < -0.3 is 19.4 Å². The number of nitrogens with zero attached hydrogens (tertiary/aromatic N) is 1. The Bertz CT molecular complexity index is 1020. The highest BCUT2D eigenvalue weighted by atomic mass is 32.1. The Morgan fingerprint density at radius 3 is 2.74 bits per heavy atom. The van der Waals surface area contributed by atoms with Crippen LogP contribution in [0.25, 0.3) is 22.0 Å². The number of aliphatic hydroxyl groups excluding tert-OH is 1. The minimum atomic E-state index is -0.955. The van der Waals surface area contributed by atoms with Crippen molar-refractivity contribution in [2.45, 2.75) is 6.10 Å². The van der Waals surface area contributed by atoms with Crippen LogP contribution in [0.4, 0.5) is 0 Å². The molecule has 1 atom stereocenters. The number of carbonyl (C=O) groups is 1. The molecule has 27 heavy (non-hydrogen) atoms. The van der Waals surface area contributed by atoms with Gasteiger partial charge in [0, 0.05) is 11.6 Å². The molecule has 3 heterocycles. The molecule has 0 bridgehead atoms. The molecule has 0 aliphatic heterocycles. The smallest absolute Gasteiger partial charge is 0.273 e. The summed E-state index contributed by atoms with van der Waals surface area (Å²) in [5.41, 5.74) is 0.987. The molecule has 0 saturated heterocycles. The molecule has 1 amide bonds. The van der Waals surface area contributed by atoms with Crippen LogP contribution in [-0.2, 0) is 0 Å². The number of furan rings is 1. The first kappa shape index (κ1) is 17.3. The number of rotatable bonds is 6. The fourth-order valence-electron chi connectivity index (χ4n) is 2.58. The summed E-state index contributed by atoms with van der Waals surface area (Å²) < 4.78 is 10.9. The topological polar surface area (TPSA) is 88.5 Å². The molecule has 4 rings (SSSR count). The number of nitrogens with one attached hydrogen (secondary N) is 1. The summed E-state index contributed by atoms with van der Waals surface area (Å²) in [5.74, 6) is 1.16. The number of hydrogen-bond acceptors (Lipinski definition) is 6. The van der Waals surface area contributed by atoms with Crippen molar-refractivity contribution in [3.05, 3.63) is 77.5 Å². The summed E-state index contributed by atoms with van der Waals surface area (Å²) in [5, 5.41) is 18.6. The van der Waals surface area contributed by atoms with E-state index in [0.717, 1.165) is 10.4 Å². The molecule has 0 saturated carbocycles. The van der Waals surface area contributed by atoms with Crippen LogP contribution in [0.1, 0.15) is 22.4 Å². The van der Waals surface area contributed by atoms with Crippen molar-refractivity contribution in [2.24, 2.45) is 0 Å². The van der Waals surface area contributed by atoms with Gasteiger partial charge in [0.2, 0.25) is 0 Å². The molecule has 1 unspecified atom stereocenters. The lowest BCUT2D eigenvalue weighted by atomic mass is 10.1. The van der Waals surface area contributed by atoms with Crippen molar-refractivity contribution in [1.82, 2.24) is 10.5 Å². The molecule has 0 radical (unpaired) electrons. The largest absolute Gasteiger partial charge is 0.457 e. The van der Waals surface area contributed by atoms with E-state index in [-0.39, 0.29) is 12.2 Å². The third-order valence-electron chi connectivity index (χ3n) is 3.98. The Labute approximate surface area is 159 Å². The Morgan fingerprint density at radius 2 is 1.96 bits per heavy atom. The SMILES string of the molecule is O=C(NCC(O)c1ccc(-c2cccs2)o1)c1cc(-c2ccccc2)on1. The number of hydrogen-bond donors (Lipinski definition) is 2. The van der Waals surface area contributed by atoms with Crippen LogP contribution < -0.4 is 5.32 Å². The molecule has 0 spiro atoms. The van der Waals surface area contributed by atoms with E-state index in [2.05, 4.69) is 10.5 Å². The van der Waals surface area contributed by atoms with E-state index < -0.39 is 12.0 Å². The van der Waals surface area contributed by atoms with Gasteiger partial charge in [-0.15, -0.1) is 11.3 Å². The van der Waals surface area contributed by atoms with Crippen molar-refractivity contribution < 1.29 is 18.8 Å². The molecular weight excluding hydrogens is 364 g/mol. The Hall–Kier alpha value is -3.16. The molecule has 0 aliphatic carbocycles. The summed E-state index contributed by atoms with van der Waals surface area (Å²) in [6.45, 7) is 0.00373. The van der Waals surface area contributed by atoms with Crippen LogP contribution in [-0.4, -0.2) is 22.7 Å². The van der Waals surface area contributed by atoms with E-state index in [1.807, 2.05) is 47.8 Å². The zero-order chi connectivity index (χ0) is 18.6.